The van der Waals surface area contributed by atoms with Crippen molar-refractivity contribution < 1.29 is 9.53 Å². The topological polar surface area (TPSA) is 29.5 Å². The van der Waals surface area contributed by atoms with Crippen LogP contribution in [0, 0.1) is 0 Å². The first-order valence-electron chi connectivity index (χ1n) is 3.90. The van der Waals surface area contributed by atoms with E-state index >= 15 is 0 Å². The van der Waals surface area contributed by atoms with Crippen molar-refractivity contribution in [2.24, 2.45) is 0 Å². The highest BCUT2D eigenvalue weighted by atomic mass is 16.5. The SMILES string of the molecule is CC.COC(=O)N(C)C(C)C. The maximum absolute atomic E-state index is 10.7. The number of carbonyl (C=O) groups is 1. The van der Waals surface area contributed by atoms with Gasteiger partial charge in [0.15, 0.2) is 0 Å². The summed E-state index contributed by atoms with van der Waals surface area (Å²) in [5.74, 6) is 0. The summed E-state index contributed by atoms with van der Waals surface area (Å²) in [4.78, 5) is 12.2. The smallest absolute Gasteiger partial charge is 0.409 e. The number of methoxy groups -OCH3 is 1. The Morgan fingerprint density at radius 3 is 1.82 bits per heavy atom. The molecule has 0 N–H and O–H groups in total. The van der Waals surface area contributed by atoms with Crippen LogP contribution in [0.4, 0.5) is 4.79 Å². The summed E-state index contributed by atoms with van der Waals surface area (Å²) in [5, 5.41) is 0. The Labute approximate surface area is 69.3 Å². The summed E-state index contributed by atoms with van der Waals surface area (Å²) in [7, 11) is 3.08. The van der Waals surface area contributed by atoms with Crippen molar-refractivity contribution in [2.75, 3.05) is 14.2 Å². The van der Waals surface area contributed by atoms with Crippen molar-refractivity contribution >= 4 is 6.09 Å². The fourth-order valence-corrected chi connectivity index (χ4v) is 0.355. The number of rotatable bonds is 1. The molecule has 0 aliphatic rings. The summed E-state index contributed by atoms with van der Waals surface area (Å²) < 4.78 is 4.46. The number of carbonyl (C=O) groups excluding carboxylic acids is 1. The second kappa shape index (κ2) is 7.38. The molecule has 0 aromatic heterocycles. The molecular weight excluding hydrogens is 142 g/mol. The van der Waals surface area contributed by atoms with Gasteiger partial charge in [-0.2, -0.15) is 0 Å². The maximum Gasteiger partial charge on any atom is 0.409 e. The normalized spacial score (nSPS) is 8.27. The first kappa shape index (κ1) is 12.9. The number of hydrogen-bond donors (Lipinski definition) is 0. The van der Waals surface area contributed by atoms with Gasteiger partial charge in [0.2, 0.25) is 0 Å². The quantitative estimate of drug-likeness (QED) is 0.589. The molecule has 1 amide bonds. The highest BCUT2D eigenvalue weighted by molar-refractivity contribution is 5.67. The number of hydrogen-bond acceptors (Lipinski definition) is 2. The van der Waals surface area contributed by atoms with E-state index in [1.807, 2.05) is 27.7 Å². The molecule has 3 heteroatoms. The van der Waals surface area contributed by atoms with Crippen LogP contribution in [0.3, 0.4) is 0 Å². The molecule has 68 valence electrons. The van der Waals surface area contributed by atoms with Gasteiger partial charge in [0.25, 0.3) is 0 Å². The van der Waals surface area contributed by atoms with Crippen LogP contribution in [0.25, 0.3) is 0 Å². The van der Waals surface area contributed by atoms with Gasteiger partial charge >= 0.3 is 6.09 Å². The summed E-state index contributed by atoms with van der Waals surface area (Å²) in [6.07, 6.45) is -0.287. The number of amides is 1. The van der Waals surface area contributed by atoms with Gasteiger partial charge in [-0.15, -0.1) is 0 Å². The Hall–Kier alpha value is -0.730. The minimum atomic E-state index is -0.287. The van der Waals surface area contributed by atoms with E-state index in [9.17, 15) is 4.79 Å². The minimum absolute atomic E-state index is 0.206. The lowest BCUT2D eigenvalue weighted by molar-refractivity contribution is 0.123. The van der Waals surface area contributed by atoms with E-state index in [4.69, 9.17) is 0 Å². The molecule has 0 heterocycles. The molecule has 11 heavy (non-hydrogen) atoms. The van der Waals surface area contributed by atoms with Crippen molar-refractivity contribution in [1.82, 2.24) is 4.90 Å². The fraction of sp³-hybridized carbons (Fsp3) is 0.875. The zero-order valence-electron chi connectivity index (χ0n) is 8.34. The molecule has 0 saturated carbocycles. The van der Waals surface area contributed by atoms with Crippen LogP contribution in [-0.4, -0.2) is 31.2 Å². The molecule has 0 aliphatic carbocycles. The maximum atomic E-state index is 10.7. The van der Waals surface area contributed by atoms with Crippen LogP contribution in [-0.2, 0) is 4.74 Å². The van der Waals surface area contributed by atoms with Crippen LogP contribution >= 0.6 is 0 Å². The lowest BCUT2D eigenvalue weighted by atomic mass is 10.4. The first-order chi connectivity index (χ1) is 5.09. The second-order valence-corrected chi connectivity index (χ2v) is 2.17. The average molecular weight is 161 g/mol. The standard InChI is InChI=1S/C6H13NO2.C2H6/c1-5(2)7(3)6(8)9-4;1-2/h5H,1-4H3;1-2H3. The summed E-state index contributed by atoms with van der Waals surface area (Å²) >= 11 is 0. The lowest BCUT2D eigenvalue weighted by Crippen LogP contribution is -2.32. The zero-order valence-corrected chi connectivity index (χ0v) is 8.34. The summed E-state index contributed by atoms with van der Waals surface area (Å²) in [6.45, 7) is 7.86. The lowest BCUT2D eigenvalue weighted by Gasteiger charge is -2.18. The van der Waals surface area contributed by atoms with Crippen molar-refractivity contribution in [1.29, 1.82) is 0 Å². The Kier molecular flexibility index (Phi) is 8.65. The van der Waals surface area contributed by atoms with E-state index in [1.54, 1.807) is 7.05 Å². The summed E-state index contributed by atoms with van der Waals surface area (Å²) in [5.41, 5.74) is 0. The molecule has 0 aromatic carbocycles. The average Bonchev–Trinajstić information content (AvgIpc) is 2.05. The molecule has 0 unspecified atom stereocenters. The van der Waals surface area contributed by atoms with Crippen LogP contribution in [0.1, 0.15) is 27.7 Å². The van der Waals surface area contributed by atoms with Gasteiger partial charge in [-0.05, 0) is 13.8 Å². The molecule has 0 bridgehead atoms. The van der Waals surface area contributed by atoms with E-state index in [1.165, 1.54) is 12.0 Å². The van der Waals surface area contributed by atoms with Crippen molar-refractivity contribution in [2.45, 2.75) is 33.7 Å². The third-order valence-corrected chi connectivity index (χ3v) is 1.24. The molecule has 0 aromatic rings. The van der Waals surface area contributed by atoms with Crippen molar-refractivity contribution in [3.05, 3.63) is 0 Å². The van der Waals surface area contributed by atoms with Crippen molar-refractivity contribution in [3.63, 3.8) is 0 Å². The molecular formula is C8H19NO2. The Morgan fingerprint density at radius 2 is 1.73 bits per heavy atom. The highest BCUT2D eigenvalue weighted by Gasteiger charge is 2.09. The molecule has 0 fully saturated rings. The van der Waals surface area contributed by atoms with E-state index in [-0.39, 0.29) is 12.1 Å². The molecule has 0 rings (SSSR count). The third-order valence-electron chi connectivity index (χ3n) is 1.24. The van der Waals surface area contributed by atoms with Gasteiger partial charge < -0.3 is 9.64 Å². The van der Waals surface area contributed by atoms with Crippen LogP contribution in [0.2, 0.25) is 0 Å². The second-order valence-electron chi connectivity index (χ2n) is 2.17. The Bertz CT molecular complexity index is 102. The zero-order chi connectivity index (χ0) is 9.44. The van der Waals surface area contributed by atoms with E-state index in [0.29, 0.717) is 0 Å². The van der Waals surface area contributed by atoms with Crippen LogP contribution in [0.15, 0.2) is 0 Å². The van der Waals surface area contributed by atoms with Gasteiger partial charge in [-0.25, -0.2) is 4.79 Å². The monoisotopic (exact) mass is 161 g/mol. The summed E-state index contributed by atoms with van der Waals surface area (Å²) in [6, 6.07) is 0.206. The Morgan fingerprint density at radius 1 is 1.36 bits per heavy atom. The predicted octanol–water partition coefficient (Wildman–Crippen LogP) is 2.12. The van der Waals surface area contributed by atoms with E-state index in [2.05, 4.69) is 4.74 Å². The van der Waals surface area contributed by atoms with Crippen LogP contribution in [0.5, 0.6) is 0 Å². The molecule has 3 nitrogen and oxygen atoms in total. The highest BCUT2D eigenvalue weighted by Crippen LogP contribution is 1.94. The van der Waals surface area contributed by atoms with Crippen LogP contribution < -0.4 is 0 Å². The minimum Gasteiger partial charge on any atom is -0.453 e. The van der Waals surface area contributed by atoms with E-state index in [0.717, 1.165) is 0 Å². The Balaban J connectivity index is 0. The molecule has 0 aliphatic heterocycles. The number of nitrogens with zero attached hydrogens (tertiary/aromatic N) is 1. The van der Waals surface area contributed by atoms with Gasteiger partial charge in [-0.1, -0.05) is 13.8 Å². The first-order valence-corrected chi connectivity index (χ1v) is 3.90. The predicted molar refractivity (Wildman–Crippen MR) is 46.7 cm³/mol. The third kappa shape index (κ3) is 5.70. The van der Waals surface area contributed by atoms with Crippen molar-refractivity contribution in [3.8, 4) is 0 Å². The molecule has 0 saturated heterocycles. The van der Waals surface area contributed by atoms with Gasteiger partial charge in [0.1, 0.15) is 0 Å². The largest absolute Gasteiger partial charge is 0.453 e. The van der Waals surface area contributed by atoms with Gasteiger partial charge in [0.05, 0.1) is 7.11 Å². The molecule has 0 spiro atoms. The van der Waals surface area contributed by atoms with E-state index < -0.39 is 0 Å². The van der Waals surface area contributed by atoms with Gasteiger partial charge in [-0.3, -0.25) is 0 Å². The molecule has 0 radical (unpaired) electrons. The number of ether oxygens (including phenoxy) is 1. The molecule has 0 atom stereocenters. The van der Waals surface area contributed by atoms with Gasteiger partial charge in [0, 0.05) is 13.1 Å². The fourth-order valence-electron chi connectivity index (χ4n) is 0.355.